The van der Waals surface area contributed by atoms with E-state index in [0.717, 1.165) is 38.9 Å². The molecule has 1 amide bonds. The molecule has 0 bridgehead atoms. The molecule has 0 saturated carbocycles. The van der Waals surface area contributed by atoms with Crippen molar-refractivity contribution < 1.29 is 13.9 Å². The molecule has 5 heteroatoms. The summed E-state index contributed by atoms with van der Waals surface area (Å²) >= 11 is 0. The fourth-order valence-corrected chi connectivity index (χ4v) is 2.75. The number of nitrogens with zero attached hydrogens (tertiary/aromatic N) is 1. The van der Waals surface area contributed by atoms with E-state index in [-0.39, 0.29) is 11.7 Å². The molecule has 1 aliphatic rings. The van der Waals surface area contributed by atoms with Gasteiger partial charge in [0.1, 0.15) is 0 Å². The first kappa shape index (κ1) is 15.8. The first-order valence-corrected chi connectivity index (χ1v) is 7.43. The average molecular weight is 294 g/mol. The molecule has 1 saturated heterocycles. The summed E-state index contributed by atoms with van der Waals surface area (Å²) in [5.74, 6) is 0.314. The molecule has 1 heterocycles. The van der Waals surface area contributed by atoms with Crippen LogP contribution in [0.5, 0.6) is 5.75 Å². The van der Waals surface area contributed by atoms with Crippen molar-refractivity contribution in [3.63, 3.8) is 0 Å². The smallest absolute Gasteiger partial charge is 0.253 e. The van der Waals surface area contributed by atoms with Gasteiger partial charge in [0, 0.05) is 18.7 Å². The SMILES string of the molecule is CNCCC1CCN(C(=O)c2ccc(F)c(OC)c2)CC1. The Balaban J connectivity index is 1.95. The highest BCUT2D eigenvalue weighted by Gasteiger charge is 2.23. The summed E-state index contributed by atoms with van der Waals surface area (Å²) in [6.45, 7) is 2.56. The van der Waals surface area contributed by atoms with Gasteiger partial charge in [0.25, 0.3) is 5.91 Å². The summed E-state index contributed by atoms with van der Waals surface area (Å²) < 4.78 is 18.3. The molecule has 0 atom stereocenters. The Bertz CT molecular complexity index is 485. The minimum absolute atomic E-state index is 0.0413. The maximum absolute atomic E-state index is 13.4. The molecule has 1 fully saturated rings. The van der Waals surface area contributed by atoms with Gasteiger partial charge in [-0.25, -0.2) is 4.39 Å². The predicted octanol–water partition coefficient (Wildman–Crippen LogP) is 2.30. The van der Waals surface area contributed by atoms with Crippen LogP contribution >= 0.6 is 0 Å². The lowest BCUT2D eigenvalue weighted by Gasteiger charge is -2.32. The molecule has 1 aliphatic heterocycles. The van der Waals surface area contributed by atoms with Crippen molar-refractivity contribution in [2.45, 2.75) is 19.3 Å². The zero-order chi connectivity index (χ0) is 15.2. The van der Waals surface area contributed by atoms with Gasteiger partial charge in [-0.3, -0.25) is 4.79 Å². The van der Waals surface area contributed by atoms with Gasteiger partial charge < -0.3 is 15.0 Å². The number of methoxy groups -OCH3 is 1. The number of carbonyl (C=O) groups is 1. The van der Waals surface area contributed by atoms with E-state index in [4.69, 9.17) is 4.74 Å². The normalized spacial score (nSPS) is 16.0. The highest BCUT2D eigenvalue weighted by molar-refractivity contribution is 5.94. The van der Waals surface area contributed by atoms with Crippen LogP contribution < -0.4 is 10.1 Å². The Hall–Kier alpha value is -1.62. The van der Waals surface area contributed by atoms with E-state index in [1.54, 1.807) is 0 Å². The van der Waals surface area contributed by atoms with Crippen LogP contribution in [0.4, 0.5) is 4.39 Å². The lowest BCUT2D eigenvalue weighted by atomic mass is 9.93. The van der Waals surface area contributed by atoms with Gasteiger partial charge in [0.05, 0.1) is 7.11 Å². The summed E-state index contributed by atoms with van der Waals surface area (Å²) in [7, 11) is 3.36. The summed E-state index contributed by atoms with van der Waals surface area (Å²) in [6, 6.07) is 4.28. The minimum Gasteiger partial charge on any atom is -0.494 e. The van der Waals surface area contributed by atoms with Crippen LogP contribution in [-0.2, 0) is 0 Å². The van der Waals surface area contributed by atoms with E-state index in [1.807, 2.05) is 11.9 Å². The number of hydrogen-bond donors (Lipinski definition) is 1. The largest absolute Gasteiger partial charge is 0.494 e. The molecule has 0 unspecified atom stereocenters. The van der Waals surface area contributed by atoms with Crippen molar-refractivity contribution >= 4 is 5.91 Å². The van der Waals surface area contributed by atoms with Gasteiger partial charge in [0.15, 0.2) is 11.6 Å². The predicted molar refractivity (Wildman–Crippen MR) is 80.1 cm³/mol. The fourth-order valence-electron chi connectivity index (χ4n) is 2.75. The molecule has 0 radical (unpaired) electrons. The highest BCUT2D eigenvalue weighted by atomic mass is 19.1. The van der Waals surface area contributed by atoms with Crippen LogP contribution in [0.1, 0.15) is 29.6 Å². The van der Waals surface area contributed by atoms with Crippen LogP contribution in [0, 0.1) is 11.7 Å². The van der Waals surface area contributed by atoms with Crippen LogP contribution in [0.2, 0.25) is 0 Å². The van der Waals surface area contributed by atoms with Crippen molar-refractivity contribution in [1.82, 2.24) is 10.2 Å². The summed E-state index contributed by atoms with van der Waals surface area (Å²) in [5.41, 5.74) is 0.488. The van der Waals surface area contributed by atoms with E-state index >= 15 is 0 Å². The van der Waals surface area contributed by atoms with Crippen molar-refractivity contribution in [2.24, 2.45) is 5.92 Å². The molecule has 0 aliphatic carbocycles. The Morgan fingerprint density at radius 3 is 2.76 bits per heavy atom. The number of likely N-dealkylation sites (tertiary alicyclic amines) is 1. The fraction of sp³-hybridized carbons (Fsp3) is 0.562. The third-order valence-corrected chi connectivity index (χ3v) is 4.10. The van der Waals surface area contributed by atoms with Crippen LogP contribution in [0.25, 0.3) is 0 Å². The number of benzene rings is 1. The second-order valence-electron chi connectivity index (χ2n) is 5.48. The Labute approximate surface area is 125 Å². The van der Waals surface area contributed by atoms with Gasteiger partial charge in [-0.2, -0.15) is 0 Å². The number of carbonyl (C=O) groups excluding carboxylic acids is 1. The molecule has 116 valence electrons. The number of piperidine rings is 1. The summed E-state index contributed by atoms with van der Waals surface area (Å²) in [4.78, 5) is 14.3. The molecular formula is C16H23FN2O2. The molecule has 1 aromatic carbocycles. The van der Waals surface area contributed by atoms with Gasteiger partial charge in [-0.05, 0) is 57.0 Å². The Kier molecular flexibility index (Phi) is 5.56. The van der Waals surface area contributed by atoms with Crippen molar-refractivity contribution in [1.29, 1.82) is 0 Å². The number of amides is 1. The summed E-state index contributed by atoms with van der Waals surface area (Å²) in [6.07, 6.45) is 3.22. The molecule has 0 aromatic heterocycles. The van der Waals surface area contributed by atoms with E-state index in [1.165, 1.54) is 25.3 Å². The molecule has 21 heavy (non-hydrogen) atoms. The third-order valence-electron chi connectivity index (χ3n) is 4.10. The second kappa shape index (κ2) is 7.41. The third kappa shape index (κ3) is 3.94. The van der Waals surface area contributed by atoms with Crippen molar-refractivity contribution in [2.75, 3.05) is 33.8 Å². The number of rotatable bonds is 5. The zero-order valence-corrected chi connectivity index (χ0v) is 12.7. The lowest BCUT2D eigenvalue weighted by Crippen LogP contribution is -2.39. The monoisotopic (exact) mass is 294 g/mol. The highest BCUT2D eigenvalue weighted by Crippen LogP contribution is 2.23. The molecule has 1 aromatic rings. The van der Waals surface area contributed by atoms with E-state index in [9.17, 15) is 9.18 Å². The molecule has 2 rings (SSSR count). The van der Waals surface area contributed by atoms with Crippen LogP contribution in [-0.4, -0.2) is 44.6 Å². The van der Waals surface area contributed by atoms with Gasteiger partial charge in [-0.15, -0.1) is 0 Å². The molecule has 1 N–H and O–H groups in total. The lowest BCUT2D eigenvalue weighted by molar-refractivity contribution is 0.0686. The average Bonchev–Trinajstić information content (AvgIpc) is 2.53. The van der Waals surface area contributed by atoms with Crippen LogP contribution in [0.3, 0.4) is 0 Å². The Morgan fingerprint density at radius 2 is 2.14 bits per heavy atom. The first-order valence-electron chi connectivity index (χ1n) is 7.43. The minimum atomic E-state index is -0.445. The van der Waals surface area contributed by atoms with E-state index in [2.05, 4.69) is 5.32 Å². The molecule has 4 nitrogen and oxygen atoms in total. The standard InChI is InChI=1S/C16H23FN2O2/c1-18-8-5-12-6-9-19(10-7-12)16(20)13-3-4-14(17)15(11-13)21-2/h3-4,11-12,18H,5-10H2,1-2H3. The first-order chi connectivity index (χ1) is 10.2. The number of ether oxygens (including phenoxy) is 1. The quantitative estimate of drug-likeness (QED) is 0.906. The number of halogens is 1. The number of nitrogens with one attached hydrogen (secondary N) is 1. The molecular weight excluding hydrogens is 271 g/mol. The maximum Gasteiger partial charge on any atom is 0.253 e. The zero-order valence-electron chi connectivity index (χ0n) is 12.7. The summed E-state index contributed by atoms with van der Waals surface area (Å²) in [5, 5.41) is 3.16. The van der Waals surface area contributed by atoms with E-state index < -0.39 is 5.82 Å². The topological polar surface area (TPSA) is 41.6 Å². The van der Waals surface area contributed by atoms with E-state index in [0.29, 0.717) is 11.5 Å². The Morgan fingerprint density at radius 1 is 1.43 bits per heavy atom. The van der Waals surface area contributed by atoms with Crippen molar-refractivity contribution in [3.05, 3.63) is 29.6 Å². The molecule has 0 spiro atoms. The number of hydrogen-bond acceptors (Lipinski definition) is 3. The van der Waals surface area contributed by atoms with Gasteiger partial charge >= 0.3 is 0 Å². The van der Waals surface area contributed by atoms with Crippen LogP contribution in [0.15, 0.2) is 18.2 Å². The van der Waals surface area contributed by atoms with Crippen molar-refractivity contribution in [3.8, 4) is 5.75 Å². The van der Waals surface area contributed by atoms with Gasteiger partial charge in [-0.1, -0.05) is 0 Å². The second-order valence-corrected chi connectivity index (χ2v) is 5.48. The van der Waals surface area contributed by atoms with Gasteiger partial charge in [0.2, 0.25) is 0 Å². The maximum atomic E-state index is 13.4.